The third-order valence-corrected chi connectivity index (χ3v) is 6.22. The zero-order chi connectivity index (χ0) is 21.7. The molecular weight excluding hydrogens is 356 g/mol. The van der Waals surface area contributed by atoms with Crippen molar-refractivity contribution in [2.45, 2.75) is 79.1 Å². The van der Waals surface area contributed by atoms with Gasteiger partial charge in [-0.05, 0) is 52.0 Å². The highest BCUT2D eigenvalue weighted by molar-refractivity contribution is 6.05. The number of carbonyl (C=O) groups is 1. The van der Waals surface area contributed by atoms with Gasteiger partial charge in [-0.15, -0.1) is 0 Å². The molecule has 0 aliphatic heterocycles. The van der Waals surface area contributed by atoms with Crippen molar-refractivity contribution in [2.24, 2.45) is 5.92 Å². The largest absolute Gasteiger partial charge is 0.496 e. The summed E-state index contributed by atoms with van der Waals surface area (Å²) in [5.74, 6) is 2.10. The Hall–Kier alpha value is -2.09. The first kappa shape index (κ1) is 21.6. The Balaban J connectivity index is 2.42. The van der Waals surface area contributed by atoms with E-state index in [4.69, 9.17) is 4.74 Å². The molecule has 3 rings (SSSR count). The summed E-state index contributed by atoms with van der Waals surface area (Å²) in [4.78, 5) is 13.0. The van der Waals surface area contributed by atoms with Crippen LogP contribution in [0.4, 0.5) is 0 Å². The minimum Gasteiger partial charge on any atom is -0.496 e. The lowest BCUT2D eigenvalue weighted by Gasteiger charge is -2.27. The summed E-state index contributed by atoms with van der Waals surface area (Å²) in [6, 6.07) is 9.02. The van der Waals surface area contributed by atoms with Crippen molar-refractivity contribution >= 4 is 5.78 Å². The first-order valence-electron chi connectivity index (χ1n) is 10.9. The molecule has 0 spiro atoms. The van der Waals surface area contributed by atoms with Gasteiger partial charge in [0.15, 0.2) is 5.78 Å². The molecule has 2 aromatic carbocycles. The quantitative estimate of drug-likeness (QED) is 0.546. The molecule has 0 bridgehead atoms. The second-order valence-electron chi connectivity index (χ2n) is 10.3. The van der Waals surface area contributed by atoms with Gasteiger partial charge in [0.05, 0.1) is 7.11 Å². The molecule has 1 unspecified atom stereocenters. The fourth-order valence-electron chi connectivity index (χ4n) is 4.36. The first-order valence-corrected chi connectivity index (χ1v) is 10.9. The monoisotopic (exact) mass is 392 g/mol. The Labute approximate surface area is 176 Å². The zero-order valence-electron chi connectivity index (χ0n) is 19.6. The van der Waals surface area contributed by atoms with E-state index in [0.29, 0.717) is 11.8 Å². The lowest BCUT2D eigenvalue weighted by Crippen LogP contribution is -2.15. The molecule has 156 valence electrons. The van der Waals surface area contributed by atoms with E-state index < -0.39 is 0 Å². The van der Waals surface area contributed by atoms with Gasteiger partial charge in [0.1, 0.15) is 5.75 Å². The van der Waals surface area contributed by atoms with Crippen molar-refractivity contribution in [3.8, 4) is 16.9 Å². The molecule has 0 N–H and O–H groups in total. The Kier molecular flexibility index (Phi) is 5.69. The van der Waals surface area contributed by atoms with E-state index >= 15 is 0 Å². The molecule has 0 aromatic heterocycles. The van der Waals surface area contributed by atoms with E-state index in [1.165, 1.54) is 16.7 Å². The molecule has 0 amide bonds. The summed E-state index contributed by atoms with van der Waals surface area (Å²) in [5.41, 5.74) is 8.01. The van der Waals surface area contributed by atoms with Crippen LogP contribution in [0.2, 0.25) is 0 Å². The number of hydrogen-bond donors (Lipinski definition) is 0. The van der Waals surface area contributed by atoms with Gasteiger partial charge in [0.25, 0.3) is 0 Å². The Morgan fingerprint density at radius 3 is 1.97 bits per heavy atom. The van der Waals surface area contributed by atoms with E-state index in [1.807, 2.05) is 6.92 Å². The molecule has 2 aromatic rings. The van der Waals surface area contributed by atoms with Crippen LogP contribution in [-0.4, -0.2) is 12.9 Å². The maximum atomic E-state index is 13.0. The van der Waals surface area contributed by atoms with Crippen LogP contribution in [0.1, 0.15) is 99.8 Å². The van der Waals surface area contributed by atoms with E-state index in [-0.39, 0.29) is 17.1 Å². The first-order chi connectivity index (χ1) is 13.5. The average Bonchev–Trinajstić information content (AvgIpc) is 2.92. The van der Waals surface area contributed by atoms with Crippen molar-refractivity contribution < 1.29 is 9.53 Å². The lowest BCUT2D eigenvalue weighted by atomic mass is 9.80. The number of carbonyl (C=O) groups excluding carboxylic acids is 1. The number of Topliss-reactive ketones (excluding diaryl/α,β-unsaturated/α-hetero) is 1. The van der Waals surface area contributed by atoms with Crippen molar-refractivity contribution in [3.05, 3.63) is 52.1 Å². The summed E-state index contributed by atoms with van der Waals surface area (Å²) in [7, 11) is 1.76. The van der Waals surface area contributed by atoms with Gasteiger partial charge in [0.2, 0.25) is 0 Å². The molecule has 0 saturated carbocycles. The number of rotatable bonds is 4. The maximum Gasteiger partial charge on any atom is 0.166 e. The van der Waals surface area contributed by atoms with Crippen molar-refractivity contribution in [3.63, 3.8) is 0 Å². The molecule has 2 heteroatoms. The second-order valence-corrected chi connectivity index (χ2v) is 10.3. The van der Waals surface area contributed by atoms with E-state index in [2.05, 4.69) is 72.7 Å². The van der Waals surface area contributed by atoms with Gasteiger partial charge in [-0.1, -0.05) is 73.6 Å². The van der Waals surface area contributed by atoms with Crippen LogP contribution >= 0.6 is 0 Å². The summed E-state index contributed by atoms with van der Waals surface area (Å²) in [6.45, 7) is 17.6. The molecule has 2 nitrogen and oxygen atoms in total. The number of methoxy groups -OCH3 is 1. The minimum absolute atomic E-state index is 0.0292. The van der Waals surface area contributed by atoms with E-state index in [1.54, 1.807) is 7.11 Å². The molecule has 29 heavy (non-hydrogen) atoms. The molecule has 0 heterocycles. The number of benzene rings is 2. The molecule has 1 aliphatic rings. The number of hydrogen-bond acceptors (Lipinski definition) is 2. The Morgan fingerprint density at radius 2 is 1.52 bits per heavy atom. The van der Waals surface area contributed by atoms with Crippen LogP contribution in [0.25, 0.3) is 11.1 Å². The highest BCUT2D eigenvalue weighted by Gasteiger charge is 2.35. The zero-order valence-corrected chi connectivity index (χ0v) is 19.6. The fourth-order valence-corrected chi connectivity index (χ4v) is 4.36. The minimum atomic E-state index is -0.113. The molecular formula is C27H36O2. The van der Waals surface area contributed by atoms with Gasteiger partial charge in [-0.3, -0.25) is 4.79 Å². The van der Waals surface area contributed by atoms with Gasteiger partial charge in [-0.25, -0.2) is 0 Å². The third kappa shape index (κ3) is 3.86. The molecule has 1 aliphatic carbocycles. The van der Waals surface area contributed by atoms with Crippen LogP contribution in [0.3, 0.4) is 0 Å². The number of ether oxygens (including phenoxy) is 1. The predicted molar refractivity (Wildman–Crippen MR) is 123 cm³/mol. The van der Waals surface area contributed by atoms with Gasteiger partial charge < -0.3 is 4.74 Å². The van der Waals surface area contributed by atoms with Crippen LogP contribution in [0.15, 0.2) is 24.3 Å². The van der Waals surface area contributed by atoms with Crippen LogP contribution < -0.4 is 4.74 Å². The Bertz CT molecular complexity index is 916. The lowest BCUT2D eigenvalue weighted by molar-refractivity contribution is 0.0946. The van der Waals surface area contributed by atoms with Gasteiger partial charge in [0, 0.05) is 22.6 Å². The predicted octanol–water partition coefficient (Wildman–Crippen LogP) is 7.28. The van der Waals surface area contributed by atoms with E-state index in [0.717, 1.165) is 34.4 Å². The molecule has 1 atom stereocenters. The summed E-state index contributed by atoms with van der Waals surface area (Å²) < 4.78 is 6.04. The van der Waals surface area contributed by atoms with Crippen molar-refractivity contribution in [1.29, 1.82) is 0 Å². The smallest absolute Gasteiger partial charge is 0.166 e. The van der Waals surface area contributed by atoms with E-state index in [9.17, 15) is 4.79 Å². The summed E-state index contributed by atoms with van der Waals surface area (Å²) >= 11 is 0. The second kappa shape index (κ2) is 7.63. The van der Waals surface area contributed by atoms with Gasteiger partial charge in [-0.2, -0.15) is 0 Å². The average molecular weight is 393 g/mol. The standard InChI is InChI=1S/C27H36O2/c1-15(2)18-11-19(16(3)4)13-20(12-18)24-21-10-17(5)25(28)22(21)14-23(26(24)29-9)27(6,7)8/h11-17H,10H2,1-9H3. The van der Waals surface area contributed by atoms with Crippen LogP contribution in [0.5, 0.6) is 5.75 Å². The molecule has 0 saturated heterocycles. The Morgan fingerprint density at radius 1 is 0.966 bits per heavy atom. The maximum absolute atomic E-state index is 13.0. The highest BCUT2D eigenvalue weighted by Crippen LogP contribution is 2.47. The van der Waals surface area contributed by atoms with Crippen molar-refractivity contribution in [1.82, 2.24) is 0 Å². The SMILES string of the molecule is COc1c(C(C)(C)C)cc2c(c1-c1cc(C(C)C)cc(C(C)C)c1)CC(C)C2=O. The fraction of sp³-hybridized carbons (Fsp3) is 0.519. The van der Waals surface area contributed by atoms with Crippen LogP contribution in [-0.2, 0) is 11.8 Å². The highest BCUT2D eigenvalue weighted by atomic mass is 16.5. The number of fused-ring (bicyclic) bond motifs is 1. The topological polar surface area (TPSA) is 26.3 Å². The molecule has 0 radical (unpaired) electrons. The molecule has 0 fully saturated rings. The third-order valence-electron chi connectivity index (χ3n) is 6.22. The van der Waals surface area contributed by atoms with Crippen molar-refractivity contribution in [2.75, 3.05) is 7.11 Å². The van der Waals surface area contributed by atoms with Gasteiger partial charge >= 0.3 is 0 Å². The number of ketones is 1. The van der Waals surface area contributed by atoms with Crippen LogP contribution in [0, 0.1) is 5.92 Å². The summed E-state index contributed by atoms with van der Waals surface area (Å²) in [6.07, 6.45) is 0.785. The summed E-state index contributed by atoms with van der Waals surface area (Å²) in [5, 5.41) is 0. The normalized spacial score (nSPS) is 16.7.